The van der Waals surface area contributed by atoms with E-state index in [0.29, 0.717) is 28.7 Å². The topological polar surface area (TPSA) is 75.6 Å². The Bertz CT molecular complexity index is 1430. The summed E-state index contributed by atoms with van der Waals surface area (Å²) in [5.74, 6) is 0.324. The quantitative estimate of drug-likeness (QED) is 0.327. The lowest BCUT2D eigenvalue weighted by Gasteiger charge is -2.58. The van der Waals surface area contributed by atoms with Crippen LogP contribution in [0.1, 0.15) is 65.6 Å². The van der Waals surface area contributed by atoms with Crippen LogP contribution in [0.5, 0.6) is 5.75 Å². The van der Waals surface area contributed by atoms with Crippen LogP contribution in [0.25, 0.3) is 10.8 Å². The fraction of sp³-hybridized carbons (Fsp3) is 0.438. The van der Waals surface area contributed by atoms with Crippen molar-refractivity contribution in [3.05, 3.63) is 76.9 Å². The molecule has 0 heterocycles. The summed E-state index contributed by atoms with van der Waals surface area (Å²) in [7, 11) is 0. The number of benzene rings is 3. The summed E-state index contributed by atoms with van der Waals surface area (Å²) in [5, 5.41) is 14.7. The number of hydrogen-bond donors (Lipinski definition) is 2. The van der Waals surface area contributed by atoms with Gasteiger partial charge < -0.3 is 15.2 Å². The number of amides is 1. The van der Waals surface area contributed by atoms with Crippen LogP contribution in [-0.2, 0) is 17.6 Å². The van der Waals surface area contributed by atoms with E-state index in [1.54, 1.807) is 12.1 Å². The molecular formula is C32H32F3NO4. The summed E-state index contributed by atoms with van der Waals surface area (Å²) in [5.41, 5.74) is 0.482. The van der Waals surface area contributed by atoms with Crippen LogP contribution in [0.2, 0.25) is 0 Å². The van der Waals surface area contributed by atoms with Gasteiger partial charge in [-0.25, -0.2) is 4.79 Å². The third-order valence-corrected chi connectivity index (χ3v) is 9.26. The second-order valence-electron chi connectivity index (χ2n) is 12.2. The van der Waals surface area contributed by atoms with E-state index >= 15 is 0 Å². The van der Waals surface area contributed by atoms with Gasteiger partial charge in [-0.15, -0.1) is 0 Å². The molecule has 5 nitrogen and oxygen atoms in total. The molecule has 4 fully saturated rings. The fourth-order valence-corrected chi connectivity index (χ4v) is 7.90. The number of ether oxygens (including phenoxy) is 1. The van der Waals surface area contributed by atoms with E-state index in [0.717, 1.165) is 61.6 Å². The molecule has 3 aromatic carbocycles. The van der Waals surface area contributed by atoms with Crippen LogP contribution in [0.3, 0.4) is 0 Å². The molecule has 1 unspecified atom stereocenters. The first kappa shape index (κ1) is 26.7. The summed E-state index contributed by atoms with van der Waals surface area (Å²) < 4.78 is 45.2. The normalized spacial score (nSPS) is 26.1. The van der Waals surface area contributed by atoms with Crippen molar-refractivity contribution in [1.82, 2.24) is 5.32 Å². The molecule has 4 aliphatic carbocycles. The van der Waals surface area contributed by atoms with Crippen molar-refractivity contribution in [1.29, 1.82) is 0 Å². The van der Waals surface area contributed by atoms with Crippen LogP contribution in [0, 0.1) is 30.1 Å². The van der Waals surface area contributed by atoms with Gasteiger partial charge in [0.15, 0.2) is 0 Å². The van der Waals surface area contributed by atoms with Gasteiger partial charge in [0.1, 0.15) is 18.4 Å². The number of fused-ring (bicyclic) bond motifs is 1. The molecule has 0 spiro atoms. The van der Waals surface area contributed by atoms with Crippen molar-refractivity contribution in [2.24, 2.45) is 23.2 Å². The third kappa shape index (κ3) is 4.93. The van der Waals surface area contributed by atoms with Gasteiger partial charge in [0.05, 0.1) is 11.1 Å². The molecule has 4 aliphatic rings. The number of carboxylic acids is 1. The number of hydrogen-bond acceptors (Lipinski definition) is 3. The summed E-state index contributed by atoms with van der Waals surface area (Å²) in [6.45, 7) is 1.86. The lowest BCUT2D eigenvalue weighted by Crippen LogP contribution is -2.59. The molecule has 8 heteroatoms. The molecule has 0 saturated heterocycles. The number of carbonyl (C=O) groups excluding carboxylic acids is 1. The van der Waals surface area contributed by atoms with Crippen molar-refractivity contribution in [3.63, 3.8) is 0 Å². The lowest BCUT2D eigenvalue weighted by atomic mass is 9.47. The van der Waals surface area contributed by atoms with E-state index in [2.05, 4.69) is 5.32 Å². The predicted octanol–water partition coefficient (Wildman–Crippen LogP) is 7.15. The highest BCUT2D eigenvalue weighted by atomic mass is 19.4. The third-order valence-electron chi connectivity index (χ3n) is 9.26. The number of carbonyl (C=O) groups is 2. The van der Waals surface area contributed by atoms with Crippen molar-refractivity contribution < 1.29 is 32.6 Å². The van der Waals surface area contributed by atoms with Crippen molar-refractivity contribution >= 4 is 22.6 Å². The molecule has 0 aromatic heterocycles. The lowest BCUT2D eigenvalue weighted by molar-refractivity contribution is -0.150. The number of alkyl halides is 3. The highest BCUT2D eigenvalue weighted by molar-refractivity contribution is 6.05. The molecule has 0 aliphatic heterocycles. The van der Waals surface area contributed by atoms with Crippen LogP contribution >= 0.6 is 0 Å². The molecule has 3 aromatic rings. The van der Waals surface area contributed by atoms with Crippen molar-refractivity contribution in [3.8, 4) is 5.75 Å². The Labute approximate surface area is 230 Å². The smallest absolute Gasteiger partial charge is 0.416 e. The van der Waals surface area contributed by atoms with E-state index in [1.165, 1.54) is 12.1 Å². The van der Waals surface area contributed by atoms with Crippen LogP contribution < -0.4 is 10.1 Å². The monoisotopic (exact) mass is 551 g/mol. The largest absolute Gasteiger partial charge is 0.487 e. The summed E-state index contributed by atoms with van der Waals surface area (Å²) in [6, 6.07) is 12.9. The predicted molar refractivity (Wildman–Crippen MR) is 144 cm³/mol. The van der Waals surface area contributed by atoms with Gasteiger partial charge in [-0.05, 0) is 98.4 Å². The minimum Gasteiger partial charge on any atom is -0.487 e. The SMILES string of the molecule is Cc1ccc2ccc(C(=O)NC(C(=O)O)C34CC5CC(CC(C5)C3)C4)c(OCc3ccc(C(F)(F)F)cc3)c2c1. The average Bonchev–Trinajstić information content (AvgIpc) is 2.88. The first-order valence-corrected chi connectivity index (χ1v) is 13.9. The van der Waals surface area contributed by atoms with Crippen LogP contribution in [-0.4, -0.2) is 23.0 Å². The van der Waals surface area contributed by atoms with Gasteiger partial charge in [0, 0.05) is 10.8 Å². The Morgan fingerprint density at radius 3 is 2.15 bits per heavy atom. The zero-order valence-corrected chi connectivity index (χ0v) is 22.3. The van der Waals surface area contributed by atoms with E-state index in [-0.39, 0.29) is 17.9 Å². The van der Waals surface area contributed by atoms with Gasteiger partial charge >= 0.3 is 12.1 Å². The molecular weight excluding hydrogens is 519 g/mol. The van der Waals surface area contributed by atoms with Gasteiger partial charge in [-0.2, -0.15) is 13.2 Å². The number of halogens is 3. The number of nitrogens with one attached hydrogen (secondary N) is 1. The molecule has 210 valence electrons. The second kappa shape index (κ2) is 9.82. The Morgan fingerprint density at radius 2 is 1.57 bits per heavy atom. The maximum atomic E-state index is 13.8. The first-order chi connectivity index (χ1) is 19.0. The van der Waals surface area contributed by atoms with E-state index in [1.807, 2.05) is 25.1 Å². The zero-order valence-electron chi connectivity index (χ0n) is 22.3. The molecule has 2 N–H and O–H groups in total. The molecule has 7 rings (SSSR count). The molecule has 4 bridgehead atoms. The Kier molecular flexibility index (Phi) is 6.55. The summed E-state index contributed by atoms with van der Waals surface area (Å²) in [6.07, 6.45) is 1.51. The molecule has 0 radical (unpaired) electrons. The van der Waals surface area contributed by atoms with Gasteiger partial charge in [0.2, 0.25) is 0 Å². The second-order valence-corrected chi connectivity index (χ2v) is 12.2. The Morgan fingerprint density at radius 1 is 0.975 bits per heavy atom. The van der Waals surface area contributed by atoms with Gasteiger partial charge in [0.25, 0.3) is 5.91 Å². The molecule has 1 amide bonds. The zero-order chi connectivity index (χ0) is 28.2. The standard InChI is InChI=1S/C32H32F3NO4/c1-18-2-5-23-6-9-25(27(26(23)10-18)40-17-19-3-7-24(8-4-19)32(33,34)35)29(37)36-28(30(38)39)31-14-20-11-21(15-31)13-22(12-20)16-31/h2-10,20-22,28H,11-17H2,1H3,(H,36,37)(H,38,39). The first-order valence-electron chi connectivity index (χ1n) is 13.9. The Hall–Kier alpha value is -3.55. The summed E-state index contributed by atoms with van der Waals surface area (Å²) in [4.78, 5) is 26.4. The molecule has 4 saturated carbocycles. The minimum absolute atomic E-state index is 0.0528. The fourth-order valence-electron chi connectivity index (χ4n) is 7.90. The van der Waals surface area contributed by atoms with Crippen LogP contribution in [0.15, 0.2) is 54.6 Å². The highest BCUT2D eigenvalue weighted by Crippen LogP contribution is 2.61. The molecule has 1 atom stereocenters. The maximum absolute atomic E-state index is 13.8. The number of aryl methyl sites for hydroxylation is 1. The van der Waals surface area contributed by atoms with Crippen LogP contribution in [0.4, 0.5) is 13.2 Å². The number of carboxylic acid groups (broad SMARTS) is 1. The Balaban J connectivity index is 1.31. The van der Waals surface area contributed by atoms with E-state index in [4.69, 9.17) is 4.74 Å². The summed E-state index contributed by atoms with van der Waals surface area (Å²) >= 11 is 0. The van der Waals surface area contributed by atoms with Crippen molar-refractivity contribution in [2.45, 2.75) is 64.3 Å². The number of aliphatic carboxylic acids is 1. The average molecular weight is 552 g/mol. The van der Waals surface area contributed by atoms with Gasteiger partial charge in [-0.3, -0.25) is 4.79 Å². The van der Waals surface area contributed by atoms with E-state index in [9.17, 15) is 27.9 Å². The number of rotatable bonds is 7. The highest BCUT2D eigenvalue weighted by Gasteiger charge is 2.56. The van der Waals surface area contributed by atoms with Crippen molar-refractivity contribution in [2.75, 3.05) is 0 Å². The van der Waals surface area contributed by atoms with E-state index < -0.39 is 35.1 Å². The minimum atomic E-state index is -4.44. The van der Waals surface area contributed by atoms with Gasteiger partial charge in [-0.1, -0.05) is 35.9 Å². The maximum Gasteiger partial charge on any atom is 0.416 e. The molecule has 40 heavy (non-hydrogen) atoms.